The molecule has 1 aliphatic carbocycles. The number of nitrogens with zero attached hydrogens (tertiary/aromatic N) is 2. The highest BCUT2D eigenvalue weighted by molar-refractivity contribution is 6.38. The zero-order valence-electron chi connectivity index (χ0n) is 20.5. The molecule has 8 heteroatoms. The van der Waals surface area contributed by atoms with Gasteiger partial charge in [0.15, 0.2) is 0 Å². The van der Waals surface area contributed by atoms with Crippen molar-refractivity contribution in [3.63, 3.8) is 0 Å². The zero-order chi connectivity index (χ0) is 24.9. The Labute approximate surface area is 205 Å². The van der Waals surface area contributed by atoms with Gasteiger partial charge in [0.25, 0.3) is 11.8 Å². The van der Waals surface area contributed by atoms with Crippen molar-refractivity contribution < 1.29 is 19.2 Å². The van der Waals surface area contributed by atoms with E-state index < -0.39 is 29.7 Å². The summed E-state index contributed by atoms with van der Waals surface area (Å²) in [4.78, 5) is 58.0. The van der Waals surface area contributed by atoms with Gasteiger partial charge in [-0.3, -0.25) is 19.2 Å². The summed E-state index contributed by atoms with van der Waals surface area (Å²) in [6, 6.07) is 9.37. The summed E-state index contributed by atoms with van der Waals surface area (Å²) < 4.78 is 0. The van der Waals surface area contributed by atoms with Gasteiger partial charge in [-0.1, -0.05) is 57.4 Å². The van der Waals surface area contributed by atoms with Crippen LogP contribution in [-0.4, -0.2) is 58.1 Å². The second-order valence-corrected chi connectivity index (χ2v) is 9.95. The molecule has 0 bridgehead atoms. The van der Waals surface area contributed by atoms with E-state index in [0.717, 1.165) is 37.5 Å². The molecule has 186 valence electrons. The fourth-order valence-electron chi connectivity index (χ4n) is 5.06. The molecule has 2 aromatic rings. The maximum Gasteiger partial charge on any atom is 0.289 e. The normalized spacial score (nSPS) is 19.5. The minimum absolute atomic E-state index is 0.0305. The third kappa shape index (κ3) is 5.69. The van der Waals surface area contributed by atoms with Gasteiger partial charge in [-0.2, -0.15) is 0 Å². The first-order valence-electron chi connectivity index (χ1n) is 12.7. The number of rotatable bonds is 7. The third-order valence-electron chi connectivity index (χ3n) is 7.05. The first-order valence-corrected chi connectivity index (χ1v) is 12.7. The fraction of sp³-hybridized carbons (Fsp3) is 0.519. The van der Waals surface area contributed by atoms with Crippen LogP contribution in [-0.2, 0) is 14.4 Å². The van der Waals surface area contributed by atoms with Gasteiger partial charge in [0.2, 0.25) is 11.7 Å². The number of nitrogens with one attached hydrogen (secondary N) is 2. The summed E-state index contributed by atoms with van der Waals surface area (Å²) in [5.74, 6) is -2.16. The Balaban J connectivity index is 1.44. The topological polar surface area (TPSA) is 108 Å². The molecule has 35 heavy (non-hydrogen) atoms. The van der Waals surface area contributed by atoms with Crippen LogP contribution in [0, 0.1) is 5.92 Å². The third-order valence-corrected chi connectivity index (χ3v) is 7.05. The summed E-state index contributed by atoms with van der Waals surface area (Å²) >= 11 is 0. The Kier molecular flexibility index (Phi) is 7.78. The van der Waals surface area contributed by atoms with Crippen molar-refractivity contribution in [1.82, 2.24) is 20.5 Å². The van der Waals surface area contributed by atoms with Crippen molar-refractivity contribution in [2.24, 2.45) is 5.92 Å². The maximum absolute atomic E-state index is 13.5. The standard InChI is InChI=1S/C27H34N4O4/c1-17(2)23(30-25(33)21-15-14-18-9-6-7-12-20(18)29-21)27(35)31-16-8-13-22(31)24(32)26(34)28-19-10-4-3-5-11-19/h6-7,9,12,14-15,17,19,22-23H,3-5,8,10-11,13,16H2,1-2H3,(H,28,34)(H,30,33)/t22-,23-/m0/s1. The molecule has 8 nitrogen and oxygen atoms in total. The van der Waals surface area contributed by atoms with E-state index in [9.17, 15) is 19.2 Å². The molecule has 2 aliphatic rings. The quantitative estimate of drug-likeness (QED) is 0.595. The monoisotopic (exact) mass is 478 g/mol. The smallest absolute Gasteiger partial charge is 0.289 e. The number of aromatic nitrogens is 1. The SMILES string of the molecule is CC(C)[C@H](NC(=O)c1ccc2ccccc2n1)C(=O)N1CCC[C@H]1C(=O)C(=O)NC1CCCCC1. The van der Waals surface area contributed by atoms with Gasteiger partial charge in [0.1, 0.15) is 17.8 Å². The van der Waals surface area contributed by atoms with Gasteiger partial charge in [-0.25, -0.2) is 4.98 Å². The van der Waals surface area contributed by atoms with Crippen LogP contribution < -0.4 is 10.6 Å². The predicted molar refractivity (Wildman–Crippen MR) is 133 cm³/mol. The number of fused-ring (bicyclic) bond motifs is 1. The molecule has 1 aromatic heterocycles. The zero-order valence-corrected chi connectivity index (χ0v) is 20.5. The molecule has 2 N–H and O–H groups in total. The highest BCUT2D eigenvalue weighted by atomic mass is 16.2. The van der Waals surface area contributed by atoms with E-state index in [-0.39, 0.29) is 23.6 Å². The van der Waals surface area contributed by atoms with E-state index in [0.29, 0.717) is 24.9 Å². The minimum atomic E-state index is -0.828. The molecular weight excluding hydrogens is 444 g/mol. The molecule has 1 aliphatic heterocycles. The molecule has 3 amide bonds. The Morgan fingerprint density at radius 3 is 2.43 bits per heavy atom. The van der Waals surface area contributed by atoms with Crippen LogP contribution in [0.15, 0.2) is 36.4 Å². The van der Waals surface area contributed by atoms with Crippen molar-refractivity contribution in [2.45, 2.75) is 76.9 Å². The highest BCUT2D eigenvalue weighted by Gasteiger charge is 2.41. The van der Waals surface area contributed by atoms with Crippen LogP contribution in [0.25, 0.3) is 10.9 Å². The molecule has 2 atom stereocenters. The number of Topliss-reactive ketones (excluding diaryl/α,β-unsaturated/α-hetero) is 1. The van der Waals surface area contributed by atoms with Gasteiger partial charge in [-0.05, 0) is 43.7 Å². The predicted octanol–water partition coefficient (Wildman–Crippen LogP) is 3.00. The van der Waals surface area contributed by atoms with Gasteiger partial charge < -0.3 is 15.5 Å². The summed E-state index contributed by atoms with van der Waals surface area (Å²) in [5, 5.41) is 6.62. The molecule has 1 saturated carbocycles. The van der Waals surface area contributed by atoms with Crippen LogP contribution in [0.5, 0.6) is 0 Å². The van der Waals surface area contributed by atoms with E-state index >= 15 is 0 Å². The molecule has 2 heterocycles. The van der Waals surface area contributed by atoms with Crippen LogP contribution in [0.3, 0.4) is 0 Å². The molecular formula is C27H34N4O4. The lowest BCUT2D eigenvalue weighted by Crippen LogP contribution is -2.55. The lowest BCUT2D eigenvalue weighted by molar-refractivity contribution is -0.145. The number of carbonyl (C=O) groups excluding carboxylic acids is 4. The number of ketones is 1. The maximum atomic E-state index is 13.5. The Morgan fingerprint density at radius 2 is 1.69 bits per heavy atom. The minimum Gasteiger partial charge on any atom is -0.347 e. The van der Waals surface area contributed by atoms with Gasteiger partial charge >= 0.3 is 0 Å². The molecule has 1 aromatic carbocycles. The average molecular weight is 479 g/mol. The van der Waals surface area contributed by atoms with Crippen LogP contribution >= 0.6 is 0 Å². The van der Waals surface area contributed by atoms with Crippen molar-refractivity contribution in [3.05, 3.63) is 42.1 Å². The highest BCUT2D eigenvalue weighted by Crippen LogP contribution is 2.22. The molecule has 0 radical (unpaired) electrons. The number of amides is 3. The summed E-state index contributed by atoms with van der Waals surface area (Å²) in [6.07, 6.45) is 6.12. The molecule has 2 fully saturated rings. The molecule has 0 unspecified atom stereocenters. The van der Waals surface area contributed by atoms with E-state index in [1.165, 1.54) is 4.90 Å². The van der Waals surface area contributed by atoms with Crippen molar-refractivity contribution in [1.29, 1.82) is 0 Å². The van der Waals surface area contributed by atoms with E-state index in [1.54, 1.807) is 6.07 Å². The first kappa shape index (κ1) is 24.8. The van der Waals surface area contributed by atoms with Crippen LogP contribution in [0.2, 0.25) is 0 Å². The van der Waals surface area contributed by atoms with Crippen LogP contribution in [0.1, 0.15) is 69.3 Å². The number of likely N-dealkylation sites (tertiary alicyclic amines) is 1. The summed E-state index contributed by atoms with van der Waals surface area (Å²) in [5.41, 5.74) is 0.921. The molecule has 1 saturated heterocycles. The Hall–Kier alpha value is -3.29. The second kappa shape index (κ2) is 11.0. The van der Waals surface area contributed by atoms with Gasteiger partial charge in [-0.15, -0.1) is 0 Å². The van der Waals surface area contributed by atoms with Gasteiger partial charge in [0, 0.05) is 18.0 Å². The number of para-hydroxylation sites is 1. The summed E-state index contributed by atoms with van der Waals surface area (Å²) in [6.45, 7) is 4.08. The van der Waals surface area contributed by atoms with Crippen molar-refractivity contribution in [2.75, 3.05) is 6.54 Å². The molecule has 4 rings (SSSR count). The number of carbonyl (C=O) groups is 4. The van der Waals surface area contributed by atoms with Gasteiger partial charge in [0.05, 0.1) is 5.52 Å². The fourth-order valence-corrected chi connectivity index (χ4v) is 5.06. The Bertz CT molecular complexity index is 1110. The second-order valence-electron chi connectivity index (χ2n) is 9.95. The lowest BCUT2D eigenvalue weighted by atomic mass is 9.95. The van der Waals surface area contributed by atoms with Crippen molar-refractivity contribution >= 4 is 34.4 Å². The number of benzene rings is 1. The van der Waals surface area contributed by atoms with Crippen LogP contribution in [0.4, 0.5) is 0 Å². The van der Waals surface area contributed by atoms with E-state index in [1.807, 2.05) is 44.2 Å². The lowest BCUT2D eigenvalue weighted by Gasteiger charge is -2.30. The average Bonchev–Trinajstić information content (AvgIpc) is 3.36. The van der Waals surface area contributed by atoms with Crippen molar-refractivity contribution in [3.8, 4) is 0 Å². The molecule has 0 spiro atoms. The summed E-state index contributed by atoms with van der Waals surface area (Å²) in [7, 11) is 0. The Morgan fingerprint density at radius 1 is 0.943 bits per heavy atom. The first-order chi connectivity index (χ1) is 16.8. The van der Waals surface area contributed by atoms with E-state index in [4.69, 9.17) is 0 Å². The van der Waals surface area contributed by atoms with E-state index in [2.05, 4.69) is 15.6 Å². The number of hydrogen-bond donors (Lipinski definition) is 2. The number of pyridine rings is 1. The largest absolute Gasteiger partial charge is 0.347 e. The number of hydrogen-bond acceptors (Lipinski definition) is 5.